The first-order valence-corrected chi connectivity index (χ1v) is 9.61. The van der Waals surface area contributed by atoms with Crippen LogP contribution in [0.5, 0.6) is 0 Å². The van der Waals surface area contributed by atoms with Gasteiger partial charge in [0, 0.05) is 16.6 Å². The largest absolute Gasteiger partial charge is 0.453 e. The van der Waals surface area contributed by atoms with Crippen molar-refractivity contribution in [2.24, 2.45) is 0 Å². The molecule has 0 aliphatic carbocycles. The first-order valence-electron chi connectivity index (χ1n) is 9.24. The number of fused-ring (bicyclic) bond motifs is 1. The highest BCUT2D eigenvalue weighted by Crippen LogP contribution is 2.25. The van der Waals surface area contributed by atoms with Gasteiger partial charge in [0.2, 0.25) is 5.78 Å². The minimum atomic E-state index is -0.800. The second-order valence-electron chi connectivity index (χ2n) is 6.89. The van der Waals surface area contributed by atoms with Crippen LogP contribution < -0.4 is 0 Å². The molecule has 0 aliphatic rings. The van der Waals surface area contributed by atoms with E-state index >= 15 is 0 Å². The van der Waals surface area contributed by atoms with Crippen LogP contribution in [0.2, 0.25) is 5.02 Å². The van der Waals surface area contributed by atoms with Crippen molar-refractivity contribution in [1.29, 1.82) is 0 Å². The number of pyridine rings is 1. The van der Waals surface area contributed by atoms with Crippen LogP contribution >= 0.6 is 11.6 Å². The van der Waals surface area contributed by atoms with Crippen LogP contribution in [0, 0.1) is 20.8 Å². The van der Waals surface area contributed by atoms with E-state index in [4.69, 9.17) is 20.8 Å². The number of aromatic nitrogens is 3. The summed E-state index contributed by atoms with van der Waals surface area (Å²) >= 11 is 6.14. The molecule has 30 heavy (non-hydrogen) atoms. The van der Waals surface area contributed by atoms with E-state index in [1.54, 1.807) is 29.8 Å². The highest BCUT2D eigenvalue weighted by molar-refractivity contribution is 6.33. The molecule has 4 aromatic rings. The quantitative estimate of drug-likeness (QED) is 0.343. The van der Waals surface area contributed by atoms with Gasteiger partial charge in [-0.2, -0.15) is 5.10 Å². The van der Waals surface area contributed by atoms with Gasteiger partial charge in [-0.05, 0) is 45.0 Å². The van der Waals surface area contributed by atoms with E-state index in [2.05, 4.69) is 10.1 Å². The molecule has 0 aliphatic heterocycles. The monoisotopic (exact) mass is 423 g/mol. The van der Waals surface area contributed by atoms with Crippen molar-refractivity contribution in [1.82, 2.24) is 14.8 Å². The number of esters is 1. The van der Waals surface area contributed by atoms with Gasteiger partial charge >= 0.3 is 5.97 Å². The van der Waals surface area contributed by atoms with Crippen LogP contribution in [-0.4, -0.2) is 33.1 Å². The molecule has 8 heteroatoms. The average Bonchev–Trinajstić information content (AvgIpc) is 3.25. The summed E-state index contributed by atoms with van der Waals surface area (Å²) in [6.45, 7) is 5.04. The number of carbonyl (C=O) groups is 2. The van der Waals surface area contributed by atoms with Gasteiger partial charge in [-0.15, -0.1) is 0 Å². The zero-order valence-electron chi connectivity index (χ0n) is 16.6. The number of para-hydroxylation sites is 1. The fourth-order valence-corrected chi connectivity index (χ4v) is 3.44. The van der Waals surface area contributed by atoms with Crippen LogP contribution in [0.3, 0.4) is 0 Å². The van der Waals surface area contributed by atoms with Gasteiger partial charge in [0.05, 0.1) is 10.7 Å². The Labute approximate surface area is 177 Å². The highest BCUT2D eigenvalue weighted by atomic mass is 35.5. The first kappa shape index (κ1) is 19.8. The van der Waals surface area contributed by atoms with Crippen LogP contribution in [0.1, 0.15) is 38.0 Å². The molecule has 4 rings (SSSR count). The summed E-state index contributed by atoms with van der Waals surface area (Å²) in [5, 5.41) is 5.31. The SMILES string of the molecule is Cc1cc(C)n(-c2ccc(Cl)c(C(=O)OCC(=O)c3oc4ccccc4c3C)n2)n1. The Kier molecular flexibility index (Phi) is 5.13. The van der Waals surface area contributed by atoms with Crippen molar-refractivity contribution in [2.75, 3.05) is 6.61 Å². The van der Waals surface area contributed by atoms with Gasteiger partial charge in [-0.1, -0.05) is 29.8 Å². The number of ether oxygens (including phenoxy) is 1. The molecule has 0 fully saturated rings. The van der Waals surface area contributed by atoms with Crippen LogP contribution in [0.15, 0.2) is 46.9 Å². The summed E-state index contributed by atoms with van der Waals surface area (Å²) in [6.07, 6.45) is 0. The molecule has 0 radical (unpaired) electrons. The van der Waals surface area contributed by atoms with Crippen molar-refractivity contribution in [3.05, 3.63) is 75.9 Å². The number of carbonyl (C=O) groups excluding carboxylic acids is 2. The molecule has 0 bridgehead atoms. The second-order valence-corrected chi connectivity index (χ2v) is 7.30. The molecule has 0 amide bonds. The second kappa shape index (κ2) is 7.76. The molecular formula is C22H18ClN3O4. The van der Waals surface area contributed by atoms with Crippen LogP contribution in [0.4, 0.5) is 0 Å². The number of benzene rings is 1. The summed E-state index contributed by atoms with van der Waals surface area (Å²) in [6, 6.07) is 12.4. The highest BCUT2D eigenvalue weighted by Gasteiger charge is 2.22. The van der Waals surface area contributed by atoms with E-state index in [1.807, 2.05) is 38.1 Å². The summed E-state index contributed by atoms with van der Waals surface area (Å²) in [4.78, 5) is 29.4. The van der Waals surface area contributed by atoms with Crippen molar-refractivity contribution in [3.8, 4) is 5.82 Å². The molecule has 0 N–H and O–H groups in total. The molecule has 3 heterocycles. The molecule has 0 unspecified atom stereocenters. The Hall–Kier alpha value is -3.45. The van der Waals surface area contributed by atoms with E-state index in [9.17, 15) is 9.59 Å². The van der Waals surface area contributed by atoms with Gasteiger partial charge in [0.1, 0.15) is 5.58 Å². The smallest absolute Gasteiger partial charge is 0.359 e. The van der Waals surface area contributed by atoms with Gasteiger partial charge in [-0.3, -0.25) is 4.79 Å². The zero-order valence-corrected chi connectivity index (χ0v) is 17.4. The Bertz CT molecular complexity index is 1290. The topological polar surface area (TPSA) is 87.2 Å². The lowest BCUT2D eigenvalue weighted by Crippen LogP contribution is -2.17. The van der Waals surface area contributed by atoms with Gasteiger partial charge < -0.3 is 9.15 Å². The maximum atomic E-state index is 12.6. The number of hydrogen-bond acceptors (Lipinski definition) is 6. The minimum Gasteiger partial charge on any atom is -0.453 e. The number of rotatable bonds is 5. The third-order valence-electron chi connectivity index (χ3n) is 4.68. The molecule has 152 valence electrons. The third-order valence-corrected chi connectivity index (χ3v) is 4.99. The van der Waals surface area contributed by atoms with E-state index in [-0.39, 0.29) is 16.5 Å². The summed E-state index contributed by atoms with van der Waals surface area (Å²) in [5.41, 5.74) is 2.90. The third kappa shape index (κ3) is 3.59. The number of Topliss-reactive ketones (excluding diaryl/α,β-unsaturated/α-hetero) is 1. The molecule has 0 atom stereocenters. The molecule has 0 spiro atoms. The van der Waals surface area contributed by atoms with Gasteiger partial charge in [-0.25, -0.2) is 14.5 Å². The Morgan fingerprint density at radius 2 is 1.90 bits per heavy atom. The lowest BCUT2D eigenvalue weighted by Gasteiger charge is -2.08. The summed E-state index contributed by atoms with van der Waals surface area (Å²) in [5.74, 6) is -0.649. The first-order chi connectivity index (χ1) is 14.3. The number of hydrogen-bond donors (Lipinski definition) is 0. The van der Waals surface area contributed by atoms with Crippen LogP contribution in [-0.2, 0) is 4.74 Å². The predicted octanol–water partition coefficient (Wildman–Crippen LogP) is 4.63. The van der Waals surface area contributed by atoms with Gasteiger partial charge in [0.15, 0.2) is 23.9 Å². The summed E-state index contributed by atoms with van der Waals surface area (Å²) < 4.78 is 12.4. The van der Waals surface area contributed by atoms with Crippen LogP contribution in [0.25, 0.3) is 16.8 Å². The average molecular weight is 424 g/mol. The Morgan fingerprint density at radius 3 is 2.60 bits per heavy atom. The predicted molar refractivity (Wildman–Crippen MR) is 111 cm³/mol. The Morgan fingerprint density at radius 1 is 1.13 bits per heavy atom. The number of furan rings is 1. The fourth-order valence-electron chi connectivity index (χ4n) is 3.26. The Balaban J connectivity index is 1.53. The maximum absolute atomic E-state index is 12.6. The molecule has 3 aromatic heterocycles. The zero-order chi connectivity index (χ0) is 21.4. The number of ketones is 1. The van der Waals surface area contributed by atoms with Gasteiger partial charge in [0.25, 0.3) is 0 Å². The molecule has 0 saturated carbocycles. The standard InChI is InChI=1S/C22H18ClN3O4/c1-12-10-13(2)26(25-12)19-9-8-16(23)20(24-19)22(28)29-11-17(27)21-14(3)15-6-4-5-7-18(15)30-21/h4-10H,11H2,1-3H3. The number of nitrogens with zero attached hydrogens (tertiary/aromatic N) is 3. The van der Waals surface area contributed by atoms with E-state index in [0.717, 1.165) is 16.8 Å². The molecule has 7 nitrogen and oxygen atoms in total. The molecule has 0 saturated heterocycles. The maximum Gasteiger partial charge on any atom is 0.359 e. The minimum absolute atomic E-state index is 0.0872. The van der Waals surface area contributed by atoms with E-state index in [0.29, 0.717) is 17.0 Å². The van der Waals surface area contributed by atoms with Crippen molar-refractivity contribution in [3.63, 3.8) is 0 Å². The summed E-state index contributed by atoms with van der Waals surface area (Å²) in [7, 11) is 0. The molecular weight excluding hydrogens is 406 g/mol. The lowest BCUT2D eigenvalue weighted by atomic mass is 10.1. The number of halogens is 1. The fraction of sp³-hybridized carbons (Fsp3) is 0.182. The number of aryl methyl sites for hydroxylation is 3. The van der Waals surface area contributed by atoms with Crippen molar-refractivity contribution >= 4 is 34.3 Å². The van der Waals surface area contributed by atoms with E-state index < -0.39 is 18.4 Å². The van der Waals surface area contributed by atoms with Crippen molar-refractivity contribution < 1.29 is 18.7 Å². The van der Waals surface area contributed by atoms with E-state index in [1.165, 1.54) is 0 Å². The molecule has 1 aromatic carbocycles. The normalized spacial score (nSPS) is 11.1. The van der Waals surface area contributed by atoms with Crippen molar-refractivity contribution in [2.45, 2.75) is 20.8 Å². The lowest BCUT2D eigenvalue weighted by molar-refractivity contribution is 0.0462.